The van der Waals surface area contributed by atoms with Crippen LogP contribution in [0.5, 0.6) is 0 Å². The van der Waals surface area contributed by atoms with Crippen molar-refractivity contribution in [1.82, 2.24) is 9.55 Å². The van der Waals surface area contributed by atoms with Crippen LogP contribution in [0.2, 0.25) is 0 Å². The number of ether oxygens (including phenoxy) is 1. The van der Waals surface area contributed by atoms with E-state index in [9.17, 15) is 14.7 Å². The highest BCUT2D eigenvalue weighted by Crippen LogP contribution is 2.27. The Morgan fingerprint density at radius 2 is 2.33 bits per heavy atom. The minimum atomic E-state index is -0.607. The summed E-state index contributed by atoms with van der Waals surface area (Å²) in [6.07, 6.45) is 1.79. The lowest BCUT2D eigenvalue weighted by molar-refractivity contribution is -0.0101. The number of nitrogens with zero attached hydrogens (tertiary/aromatic N) is 1. The van der Waals surface area contributed by atoms with E-state index in [2.05, 4.69) is 20.9 Å². The molecular weight excluding hydrogens is 304 g/mol. The maximum atomic E-state index is 11.7. The zero-order chi connectivity index (χ0) is 13.3. The van der Waals surface area contributed by atoms with E-state index in [1.165, 1.54) is 21.8 Å². The fraction of sp³-hybridized carbons (Fsp3) is 0.455. The van der Waals surface area contributed by atoms with Crippen molar-refractivity contribution >= 4 is 22.0 Å². The second kappa shape index (κ2) is 5.21. The number of halogens is 1. The number of aliphatic hydroxyl groups is 1. The van der Waals surface area contributed by atoms with Gasteiger partial charge in [-0.2, -0.15) is 0 Å². The van der Waals surface area contributed by atoms with Gasteiger partial charge in [-0.25, -0.2) is 4.79 Å². The van der Waals surface area contributed by atoms with Crippen LogP contribution >= 0.6 is 15.9 Å². The summed E-state index contributed by atoms with van der Waals surface area (Å²) in [6.45, 7) is 1.74. The van der Waals surface area contributed by atoms with Crippen LogP contribution in [-0.2, 0) is 4.74 Å². The molecule has 0 aliphatic carbocycles. The molecule has 2 rings (SSSR count). The maximum Gasteiger partial charge on any atom is 0.330 e. The molecule has 98 valence electrons. The van der Waals surface area contributed by atoms with Crippen molar-refractivity contribution in [3.05, 3.63) is 37.6 Å². The Bertz CT molecular complexity index is 567. The third-order valence-corrected chi connectivity index (χ3v) is 3.17. The van der Waals surface area contributed by atoms with E-state index in [0.29, 0.717) is 12.0 Å². The number of nitrogens with one attached hydrogen (secondary N) is 1. The van der Waals surface area contributed by atoms with Crippen molar-refractivity contribution in [2.24, 2.45) is 0 Å². The molecule has 0 amide bonds. The lowest BCUT2D eigenvalue weighted by Crippen LogP contribution is -2.33. The number of aromatic amines is 1. The van der Waals surface area contributed by atoms with Gasteiger partial charge >= 0.3 is 5.69 Å². The van der Waals surface area contributed by atoms with Gasteiger partial charge in [-0.3, -0.25) is 14.3 Å². The van der Waals surface area contributed by atoms with Gasteiger partial charge < -0.3 is 9.84 Å². The first-order chi connectivity index (χ1) is 8.52. The summed E-state index contributed by atoms with van der Waals surface area (Å²) in [6, 6.07) is 0. The average molecular weight is 317 g/mol. The quantitative estimate of drug-likeness (QED) is 0.835. The molecule has 2 heterocycles. The van der Waals surface area contributed by atoms with Gasteiger partial charge in [-0.05, 0) is 18.0 Å². The third-order valence-electron chi connectivity index (χ3n) is 2.90. The van der Waals surface area contributed by atoms with Gasteiger partial charge in [0.25, 0.3) is 5.56 Å². The van der Waals surface area contributed by atoms with Gasteiger partial charge in [0.05, 0.1) is 17.8 Å². The van der Waals surface area contributed by atoms with Crippen molar-refractivity contribution in [2.75, 3.05) is 0 Å². The second-order valence-electron chi connectivity index (χ2n) is 4.14. The molecule has 0 bridgehead atoms. The topological polar surface area (TPSA) is 84.3 Å². The minimum Gasteiger partial charge on any atom is -0.390 e. The molecule has 18 heavy (non-hydrogen) atoms. The number of hydrogen-bond acceptors (Lipinski definition) is 4. The van der Waals surface area contributed by atoms with E-state index in [-0.39, 0.29) is 6.10 Å². The van der Waals surface area contributed by atoms with E-state index in [1.54, 1.807) is 6.92 Å². The van der Waals surface area contributed by atoms with E-state index in [0.717, 1.165) is 0 Å². The first-order valence-electron chi connectivity index (χ1n) is 5.48. The Labute approximate surface area is 111 Å². The van der Waals surface area contributed by atoms with E-state index < -0.39 is 23.6 Å². The van der Waals surface area contributed by atoms with Crippen molar-refractivity contribution in [3.63, 3.8) is 0 Å². The monoisotopic (exact) mass is 316 g/mol. The molecule has 1 aromatic rings. The largest absolute Gasteiger partial charge is 0.390 e. The van der Waals surface area contributed by atoms with E-state index >= 15 is 0 Å². The lowest BCUT2D eigenvalue weighted by Gasteiger charge is -2.13. The molecule has 1 aliphatic rings. The standard InChI is InChI=1S/C11H13BrN2O4/c1-6-8(15)4-9(18-6)14-5-7(2-3-12)10(16)13-11(14)17/h2-3,5-6,8-9,15H,4H2,1H3,(H,13,16,17)/b3-2+. The molecule has 6 nitrogen and oxygen atoms in total. The summed E-state index contributed by atoms with van der Waals surface area (Å²) in [4.78, 5) is 26.9. The normalized spacial score (nSPS) is 28.1. The van der Waals surface area contributed by atoms with Crippen LogP contribution in [0.3, 0.4) is 0 Å². The maximum absolute atomic E-state index is 11.7. The van der Waals surface area contributed by atoms with Crippen molar-refractivity contribution in [2.45, 2.75) is 31.8 Å². The minimum absolute atomic E-state index is 0.324. The fourth-order valence-electron chi connectivity index (χ4n) is 1.87. The third kappa shape index (κ3) is 2.47. The van der Waals surface area contributed by atoms with Gasteiger partial charge in [-0.15, -0.1) is 0 Å². The predicted molar refractivity (Wildman–Crippen MR) is 69.5 cm³/mol. The molecule has 7 heteroatoms. The molecule has 0 saturated carbocycles. The average Bonchev–Trinajstić information content (AvgIpc) is 2.63. The summed E-state index contributed by atoms with van der Waals surface area (Å²) in [7, 11) is 0. The van der Waals surface area contributed by atoms with Crippen LogP contribution < -0.4 is 11.2 Å². The second-order valence-corrected chi connectivity index (χ2v) is 4.67. The highest BCUT2D eigenvalue weighted by atomic mass is 79.9. The molecule has 3 atom stereocenters. The summed E-state index contributed by atoms with van der Waals surface area (Å²) in [5.41, 5.74) is -0.666. The van der Waals surface area contributed by atoms with Crippen LogP contribution in [-0.4, -0.2) is 26.9 Å². The Hall–Kier alpha value is -1.18. The number of hydrogen-bond donors (Lipinski definition) is 2. The van der Waals surface area contributed by atoms with Crippen molar-refractivity contribution in [3.8, 4) is 0 Å². The molecule has 0 aromatic carbocycles. The van der Waals surface area contributed by atoms with Gasteiger partial charge in [0.1, 0.15) is 6.23 Å². The molecule has 0 spiro atoms. The fourth-order valence-corrected chi connectivity index (χ4v) is 2.16. The van der Waals surface area contributed by atoms with Gasteiger partial charge in [0, 0.05) is 12.6 Å². The molecule has 1 aliphatic heterocycles. The molecule has 1 aromatic heterocycles. The molecule has 1 saturated heterocycles. The number of aliphatic hydroxyl groups excluding tert-OH is 1. The smallest absolute Gasteiger partial charge is 0.330 e. The molecule has 3 unspecified atom stereocenters. The van der Waals surface area contributed by atoms with Gasteiger partial charge in [0.2, 0.25) is 0 Å². The molecule has 0 radical (unpaired) electrons. The van der Waals surface area contributed by atoms with Crippen LogP contribution in [0.4, 0.5) is 0 Å². The summed E-state index contributed by atoms with van der Waals surface area (Å²) >= 11 is 3.07. The Morgan fingerprint density at radius 3 is 2.89 bits per heavy atom. The lowest BCUT2D eigenvalue weighted by atomic mass is 10.2. The first kappa shape index (κ1) is 13.3. The number of aromatic nitrogens is 2. The zero-order valence-electron chi connectivity index (χ0n) is 9.67. The van der Waals surface area contributed by atoms with Crippen LogP contribution in [0.25, 0.3) is 6.08 Å². The van der Waals surface area contributed by atoms with Crippen LogP contribution in [0, 0.1) is 0 Å². The SMILES string of the molecule is CC1OC(n2cc(/C=C/Br)c(=O)[nH]c2=O)CC1O. The van der Waals surface area contributed by atoms with E-state index in [1.807, 2.05) is 0 Å². The Balaban J connectivity index is 2.42. The van der Waals surface area contributed by atoms with Crippen LogP contribution in [0.15, 0.2) is 20.8 Å². The highest BCUT2D eigenvalue weighted by molar-refractivity contribution is 9.11. The van der Waals surface area contributed by atoms with Gasteiger partial charge in [-0.1, -0.05) is 15.9 Å². The van der Waals surface area contributed by atoms with Crippen LogP contribution in [0.1, 0.15) is 25.1 Å². The molecular formula is C11H13BrN2O4. The van der Waals surface area contributed by atoms with Crippen molar-refractivity contribution in [1.29, 1.82) is 0 Å². The Morgan fingerprint density at radius 1 is 1.61 bits per heavy atom. The summed E-state index contributed by atoms with van der Waals surface area (Å²) in [5, 5.41) is 9.61. The molecule has 2 N–H and O–H groups in total. The zero-order valence-corrected chi connectivity index (χ0v) is 11.3. The van der Waals surface area contributed by atoms with E-state index in [4.69, 9.17) is 4.74 Å². The summed E-state index contributed by atoms with van der Waals surface area (Å²) in [5.74, 6) is 0. The number of H-pyrrole nitrogens is 1. The predicted octanol–water partition coefficient (Wildman–Crippen LogP) is 0.571. The number of rotatable bonds is 2. The Kier molecular flexibility index (Phi) is 3.84. The first-order valence-corrected chi connectivity index (χ1v) is 6.40. The highest BCUT2D eigenvalue weighted by Gasteiger charge is 2.32. The summed E-state index contributed by atoms with van der Waals surface area (Å²) < 4.78 is 6.76. The molecule has 1 fully saturated rings. The van der Waals surface area contributed by atoms with Crippen molar-refractivity contribution < 1.29 is 9.84 Å². The van der Waals surface area contributed by atoms with Gasteiger partial charge in [0.15, 0.2) is 0 Å².